The smallest absolute Gasteiger partial charge is 0.166 e. The average molecular weight is 426 g/mol. The Hall–Kier alpha value is -2.63. The Morgan fingerprint density at radius 1 is 0.806 bits per heavy atom. The largest absolute Gasteiger partial charge is 0.352 e. The quantitative estimate of drug-likeness (QED) is 0.437. The van der Waals surface area contributed by atoms with Gasteiger partial charge in [0.2, 0.25) is 0 Å². The van der Waals surface area contributed by atoms with Gasteiger partial charge in [0.25, 0.3) is 0 Å². The second-order valence-electron chi connectivity index (χ2n) is 7.96. The molecule has 0 N–H and O–H groups in total. The average Bonchev–Trinajstić information content (AvgIpc) is 2.79. The minimum Gasteiger partial charge on any atom is -0.352 e. The molecule has 3 aromatic carbocycles. The molecular formula is C26H25F3O2. The maximum Gasteiger partial charge on any atom is 0.166 e. The number of rotatable bonds is 5. The van der Waals surface area contributed by atoms with Crippen LogP contribution in [0.15, 0.2) is 54.6 Å². The van der Waals surface area contributed by atoms with Crippen LogP contribution in [-0.4, -0.2) is 19.5 Å². The second kappa shape index (κ2) is 9.25. The van der Waals surface area contributed by atoms with Crippen LogP contribution < -0.4 is 0 Å². The van der Waals surface area contributed by atoms with E-state index >= 15 is 0 Å². The minimum absolute atomic E-state index is 0.00144. The molecular weight excluding hydrogens is 401 g/mol. The lowest BCUT2D eigenvalue weighted by Gasteiger charge is -2.29. The van der Waals surface area contributed by atoms with Crippen LogP contribution in [0.3, 0.4) is 0 Å². The molecule has 0 atom stereocenters. The van der Waals surface area contributed by atoms with Crippen molar-refractivity contribution in [3.05, 3.63) is 83.2 Å². The van der Waals surface area contributed by atoms with Crippen LogP contribution in [0, 0.1) is 24.4 Å². The summed E-state index contributed by atoms with van der Waals surface area (Å²) in [6.45, 7) is 4.62. The van der Waals surface area contributed by atoms with Crippen LogP contribution in [0.25, 0.3) is 22.3 Å². The molecule has 1 aliphatic rings. The van der Waals surface area contributed by atoms with E-state index in [4.69, 9.17) is 9.47 Å². The molecule has 4 rings (SSSR count). The van der Waals surface area contributed by atoms with Crippen LogP contribution >= 0.6 is 0 Å². The van der Waals surface area contributed by atoms with Crippen molar-refractivity contribution in [3.63, 3.8) is 0 Å². The van der Waals surface area contributed by atoms with Gasteiger partial charge in [0.1, 0.15) is 5.82 Å². The summed E-state index contributed by atoms with van der Waals surface area (Å²) in [6.07, 6.45) is 1.67. The van der Waals surface area contributed by atoms with Crippen LogP contribution in [0.2, 0.25) is 0 Å². The number of hydrogen-bond acceptors (Lipinski definition) is 2. The van der Waals surface area contributed by atoms with Gasteiger partial charge >= 0.3 is 0 Å². The summed E-state index contributed by atoms with van der Waals surface area (Å²) in [5, 5.41) is 0. The summed E-state index contributed by atoms with van der Waals surface area (Å²) < 4.78 is 54.5. The van der Waals surface area contributed by atoms with Crippen LogP contribution in [0.1, 0.15) is 36.8 Å². The number of halogens is 3. The molecule has 0 spiro atoms. The highest BCUT2D eigenvalue weighted by Crippen LogP contribution is 2.32. The van der Waals surface area contributed by atoms with E-state index in [0.717, 1.165) is 18.4 Å². The molecule has 0 radical (unpaired) electrons. The molecule has 1 heterocycles. The third-order valence-electron chi connectivity index (χ3n) is 5.74. The lowest BCUT2D eigenvalue weighted by atomic mass is 9.95. The fourth-order valence-electron chi connectivity index (χ4n) is 3.86. The fraction of sp³-hybridized carbons (Fsp3) is 0.308. The number of aryl methyl sites for hydroxylation is 1. The van der Waals surface area contributed by atoms with E-state index < -0.39 is 11.6 Å². The molecule has 0 aliphatic carbocycles. The van der Waals surface area contributed by atoms with Crippen molar-refractivity contribution in [1.82, 2.24) is 0 Å². The van der Waals surface area contributed by atoms with Gasteiger partial charge in [0.05, 0.1) is 13.2 Å². The summed E-state index contributed by atoms with van der Waals surface area (Å²) in [5.74, 6) is -2.06. The first-order valence-electron chi connectivity index (χ1n) is 10.6. The molecule has 1 fully saturated rings. The van der Waals surface area contributed by atoms with E-state index in [1.165, 1.54) is 13.0 Å². The highest BCUT2D eigenvalue weighted by molar-refractivity contribution is 5.71. The maximum absolute atomic E-state index is 14.9. The van der Waals surface area contributed by atoms with Gasteiger partial charge in [-0.3, -0.25) is 0 Å². The van der Waals surface area contributed by atoms with Crippen molar-refractivity contribution in [3.8, 4) is 22.3 Å². The van der Waals surface area contributed by atoms with Crippen LogP contribution in [-0.2, 0) is 9.47 Å². The maximum atomic E-state index is 14.9. The first kappa shape index (κ1) is 21.6. The van der Waals surface area contributed by atoms with Crippen molar-refractivity contribution in [2.75, 3.05) is 13.2 Å². The Balaban J connectivity index is 1.52. The monoisotopic (exact) mass is 426 g/mol. The van der Waals surface area contributed by atoms with Crippen molar-refractivity contribution in [1.29, 1.82) is 0 Å². The number of benzene rings is 3. The zero-order valence-corrected chi connectivity index (χ0v) is 17.6. The van der Waals surface area contributed by atoms with Gasteiger partial charge in [-0.05, 0) is 41.7 Å². The third kappa shape index (κ3) is 4.53. The van der Waals surface area contributed by atoms with Crippen molar-refractivity contribution >= 4 is 0 Å². The zero-order valence-electron chi connectivity index (χ0n) is 17.6. The summed E-state index contributed by atoms with van der Waals surface area (Å²) in [7, 11) is 0. The Kier molecular flexibility index (Phi) is 6.44. The molecule has 0 aromatic heterocycles. The van der Waals surface area contributed by atoms with E-state index in [-0.39, 0.29) is 29.2 Å². The van der Waals surface area contributed by atoms with Gasteiger partial charge in [-0.1, -0.05) is 61.9 Å². The Bertz CT molecular complexity index is 1050. The van der Waals surface area contributed by atoms with Crippen molar-refractivity contribution < 1.29 is 22.6 Å². The first-order chi connectivity index (χ1) is 15.0. The standard InChI is InChI=1S/C26H25F3O2/c1-3-4-24-30-14-20(15-31-24)19-10-12-21(23(27)13-19)17-6-8-18(9-7-17)22-11-5-16(2)25(28)26(22)29/h5-13,20,24H,3-4,14-15H2,1-2H3. The molecule has 1 aliphatic heterocycles. The molecule has 0 saturated carbocycles. The van der Waals surface area contributed by atoms with E-state index in [2.05, 4.69) is 6.92 Å². The molecule has 1 saturated heterocycles. The Labute approximate surface area is 180 Å². The first-order valence-corrected chi connectivity index (χ1v) is 10.6. The molecule has 0 amide bonds. The van der Waals surface area contributed by atoms with Crippen molar-refractivity contribution in [2.24, 2.45) is 0 Å². The van der Waals surface area contributed by atoms with Gasteiger partial charge in [-0.2, -0.15) is 0 Å². The number of ether oxygens (including phenoxy) is 2. The molecule has 31 heavy (non-hydrogen) atoms. The highest BCUT2D eigenvalue weighted by Gasteiger charge is 2.23. The van der Waals surface area contributed by atoms with Gasteiger partial charge in [-0.25, -0.2) is 13.2 Å². The number of hydrogen-bond donors (Lipinski definition) is 0. The van der Waals surface area contributed by atoms with Gasteiger partial charge in [0, 0.05) is 17.0 Å². The fourth-order valence-corrected chi connectivity index (χ4v) is 3.86. The van der Waals surface area contributed by atoms with E-state index in [9.17, 15) is 13.2 Å². The van der Waals surface area contributed by atoms with Gasteiger partial charge < -0.3 is 9.47 Å². The highest BCUT2D eigenvalue weighted by atomic mass is 19.2. The van der Waals surface area contributed by atoms with Crippen LogP contribution in [0.5, 0.6) is 0 Å². The molecule has 162 valence electrons. The van der Waals surface area contributed by atoms with Crippen molar-refractivity contribution in [2.45, 2.75) is 38.9 Å². The third-order valence-corrected chi connectivity index (χ3v) is 5.74. The molecule has 0 unspecified atom stereocenters. The predicted octanol–water partition coefficient (Wildman–Crippen LogP) is 7.00. The summed E-state index contributed by atoms with van der Waals surface area (Å²) in [4.78, 5) is 0. The summed E-state index contributed by atoms with van der Waals surface area (Å²) in [5.41, 5.74) is 2.94. The topological polar surface area (TPSA) is 18.5 Å². The van der Waals surface area contributed by atoms with E-state index in [0.29, 0.717) is 29.9 Å². The normalized spacial score (nSPS) is 18.9. The van der Waals surface area contributed by atoms with Gasteiger partial charge in [-0.15, -0.1) is 0 Å². The second-order valence-corrected chi connectivity index (χ2v) is 7.96. The molecule has 2 nitrogen and oxygen atoms in total. The molecule has 5 heteroatoms. The predicted molar refractivity (Wildman–Crippen MR) is 115 cm³/mol. The van der Waals surface area contributed by atoms with E-state index in [1.54, 1.807) is 42.5 Å². The lowest BCUT2D eigenvalue weighted by Crippen LogP contribution is -2.30. The Morgan fingerprint density at radius 3 is 2.03 bits per heavy atom. The summed E-state index contributed by atoms with van der Waals surface area (Å²) in [6, 6.07) is 15.0. The summed E-state index contributed by atoms with van der Waals surface area (Å²) >= 11 is 0. The lowest BCUT2D eigenvalue weighted by molar-refractivity contribution is -0.189. The molecule has 0 bridgehead atoms. The van der Waals surface area contributed by atoms with E-state index in [1.807, 2.05) is 6.07 Å². The minimum atomic E-state index is -0.874. The van der Waals surface area contributed by atoms with Crippen LogP contribution in [0.4, 0.5) is 13.2 Å². The SMILES string of the molecule is CCCC1OCC(c2ccc(-c3ccc(-c4ccc(C)c(F)c4F)cc3)c(F)c2)CO1. The Morgan fingerprint density at radius 2 is 1.42 bits per heavy atom. The van der Waals surface area contributed by atoms with Gasteiger partial charge in [0.15, 0.2) is 17.9 Å². The zero-order chi connectivity index (χ0) is 22.0. The molecule has 3 aromatic rings.